The zero-order valence-electron chi connectivity index (χ0n) is 18.6. The zero-order chi connectivity index (χ0) is 23.1. The van der Waals surface area contributed by atoms with Crippen LogP contribution in [0.4, 0.5) is 5.69 Å². The number of anilines is 1. The van der Waals surface area contributed by atoms with Crippen LogP contribution in [0.2, 0.25) is 0 Å². The summed E-state index contributed by atoms with van der Waals surface area (Å²) in [5.74, 6) is -0.885. The Morgan fingerprint density at radius 3 is 2.28 bits per heavy atom. The molecule has 1 aliphatic rings. The number of carbonyl (C=O) groups excluding carboxylic acids is 3. The number of hydrogen-bond donors (Lipinski definition) is 3. The number of likely N-dealkylation sites (tertiary alicyclic amines) is 1. The fourth-order valence-corrected chi connectivity index (χ4v) is 4.63. The van der Waals surface area contributed by atoms with Gasteiger partial charge in [-0.15, -0.1) is 0 Å². The van der Waals surface area contributed by atoms with E-state index in [2.05, 4.69) is 5.32 Å². The summed E-state index contributed by atoms with van der Waals surface area (Å²) in [4.78, 5) is 40.7. The highest BCUT2D eigenvalue weighted by molar-refractivity contribution is 5.99. The average Bonchev–Trinajstić information content (AvgIpc) is 3.08. The number of nitrogens with zero attached hydrogens (tertiary/aromatic N) is 1. The molecule has 2 atom stereocenters. The maximum atomic E-state index is 13.7. The molecule has 0 aromatic heterocycles. The van der Waals surface area contributed by atoms with Gasteiger partial charge in [-0.3, -0.25) is 19.6 Å². The molecule has 1 heterocycles. The third kappa shape index (κ3) is 5.53. The number of hydroxylamine groups is 1. The number of para-hydroxylation sites is 1. The zero-order valence-corrected chi connectivity index (χ0v) is 18.6. The molecule has 2 aromatic carbocycles. The minimum Gasteiger partial charge on any atom is -0.330 e. The topological polar surface area (TPSA) is 98.7 Å². The van der Waals surface area contributed by atoms with Gasteiger partial charge in [0.2, 0.25) is 17.7 Å². The predicted octanol–water partition coefficient (Wildman–Crippen LogP) is 3.40. The third-order valence-electron chi connectivity index (χ3n) is 5.96. The SMILES string of the molecule is CC(C)C[C@@]1(CC(=O)NO)CCN([C@H](Cc2ccccc2)C(=O)Nc2ccccc2)C1=O. The molecule has 3 amide bonds. The molecule has 0 bridgehead atoms. The normalized spacial score (nSPS) is 19.1. The molecule has 1 saturated heterocycles. The standard InChI is InChI=1S/C25H31N3O4/c1-18(2)16-25(17-22(29)27-32)13-14-28(24(25)31)21(15-19-9-5-3-6-10-19)23(30)26-20-11-7-4-8-12-20/h3-12,18,21,32H,13-17H2,1-2H3,(H,26,30)(H,27,29)/t21-,25-/m1/s1. The van der Waals surface area contributed by atoms with Gasteiger partial charge in [0.15, 0.2) is 0 Å². The lowest BCUT2D eigenvalue weighted by Gasteiger charge is -2.32. The van der Waals surface area contributed by atoms with E-state index in [1.807, 2.05) is 62.4 Å². The van der Waals surface area contributed by atoms with Gasteiger partial charge >= 0.3 is 0 Å². The van der Waals surface area contributed by atoms with E-state index in [9.17, 15) is 14.4 Å². The van der Waals surface area contributed by atoms with Crippen molar-refractivity contribution >= 4 is 23.4 Å². The van der Waals surface area contributed by atoms with E-state index in [1.54, 1.807) is 22.5 Å². The monoisotopic (exact) mass is 437 g/mol. The van der Waals surface area contributed by atoms with E-state index in [1.165, 1.54) is 0 Å². The molecule has 170 valence electrons. The Morgan fingerprint density at radius 1 is 1.06 bits per heavy atom. The quantitative estimate of drug-likeness (QED) is 0.414. The highest BCUT2D eigenvalue weighted by atomic mass is 16.5. The summed E-state index contributed by atoms with van der Waals surface area (Å²) in [7, 11) is 0. The van der Waals surface area contributed by atoms with Crippen LogP contribution in [0, 0.1) is 11.3 Å². The molecule has 3 rings (SSSR count). The van der Waals surface area contributed by atoms with E-state index >= 15 is 0 Å². The van der Waals surface area contributed by atoms with Crippen LogP contribution in [-0.4, -0.2) is 40.4 Å². The average molecular weight is 438 g/mol. The number of amides is 3. The first-order chi connectivity index (χ1) is 15.3. The molecule has 0 saturated carbocycles. The summed E-state index contributed by atoms with van der Waals surface area (Å²) >= 11 is 0. The lowest BCUT2D eigenvalue weighted by molar-refractivity contribution is -0.146. The maximum absolute atomic E-state index is 13.7. The summed E-state index contributed by atoms with van der Waals surface area (Å²) in [6.45, 7) is 4.38. The van der Waals surface area contributed by atoms with Gasteiger partial charge in [0.25, 0.3) is 0 Å². The largest absolute Gasteiger partial charge is 0.330 e. The van der Waals surface area contributed by atoms with Crippen LogP contribution in [0.15, 0.2) is 60.7 Å². The first-order valence-corrected chi connectivity index (χ1v) is 11.0. The van der Waals surface area contributed by atoms with Crippen LogP contribution in [-0.2, 0) is 20.8 Å². The second kappa shape index (κ2) is 10.4. The Morgan fingerprint density at radius 2 is 1.69 bits per heavy atom. The van der Waals surface area contributed by atoms with Gasteiger partial charge in [-0.2, -0.15) is 0 Å². The van der Waals surface area contributed by atoms with Crippen molar-refractivity contribution < 1.29 is 19.6 Å². The second-order valence-electron chi connectivity index (χ2n) is 8.90. The summed E-state index contributed by atoms with van der Waals surface area (Å²) < 4.78 is 0. The van der Waals surface area contributed by atoms with Gasteiger partial charge in [0.1, 0.15) is 6.04 Å². The minimum absolute atomic E-state index is 0.102. The van der Waals surface area contributed by atoms with Crippen molar-refractivity contribution in [2.45, 2.75) is 45.6 Å². The second-order valence-corrected chi connectivity index (χ2v) is 8.90. The van der Waals surface area contributed by atoms with Crippen molar-refractivity contribution in [2.75, 3.05) is 11.9 Å². The van der Waals surface area contributed by atoms with Crippen LogP contribution in [0.5, 0.6) is 0 Å². The Labute approximate surface area is 188 Å². The van der Waals surface area contributed by atoms with Crippen molar-refractivity contribution in [2.24, 2.45) is 11.3 Å². The van der Waals surface area contributed by atoms with Crippen molar-refractivity contribution in [1.82, 2.24) is 10.4 Å². The Hall–Kier alpha value is -3.19. The minimum atomic E-state index is -0.928. The fraction of sp³-hybridized carbons (Fsp3) is 0.400. The number of nitrogens with one attached hydrogen (secondary N) is 2. The molecule has 0 unspecified atom stereocenters. The molecule has 0 aliphatic carbocycles. The van der Waals surface area contributed by atoms with Crippen LogP contribution >= 0.6 is 0 Å². The number of carbonyl (C=O) groups is 3. The van der Waals surface area contributed by atoms with E-state index < -0.39 is 17.4 Å². The van der Waals surface area contributed by atoms with Crippen molar-refractivity contribution in [3.05, 3.63) is 66.2 Å². The van der Waals surface area contributed by atoms with Crippen molar-refractivity contribution in [3.8, 4) is 0 Å². The van der Waals surface area contributed by atoms with Crippen LogP contribution in [0.1, 0.15) is 38.7 Å². The van der Waals surface area contributed by atoms with Crippen LogP contribution in [0.25, 0.3) is 0 Å². The Balaban J connectivity index is 1.90. The molecule has 7 nitrogen and oxygen atoms in total. The molecule has 7 heteroatoms. The first kappa shape index (κ1) is 23.5. The summed E-state index contributed by atoms with van der Waals surface area (Å²) in [6.07, 6.45) is 1.24. The van der Waals surface area contributed by atoms with Crippen LogP contribution in [0.3, 0.4) is 0 Å². The van der Waals surface area contributed by atoms with E-state index in [-0.39, 0.29) is 24.2 Å². The molecule has 3 N–H and O–H groups in total. The summed E-state index contributed by atoms with van der Waals surface area (Å²) in [6, 6.07) is 18.0. The number of hydrogen-bond acceptors (Lipinski definition) is 4. The summed E-state index contributed by atoms with van der Waals surface area (Å²) in [5, 5.41) is 12.0. The van der Waals surface area contributed by atoms with E-state index in [0.717, 1.165) is 5.56 Å². The van der Waals surface area contributed by atoms with Crippen molar-refractivity contribution in [3.63, 3.8) is 0 Å². The number of rotatable bonds is 9. The molecule has 1 fully saturated rings. The Kier molecular flexibility index (Phi) is 7.64. The third-order valence-corrected chi connectivity index (χ3v) is 5.96. The molecule has 2 aromatic rings. The smallest absolute Gasteiger partial charge is 0.247 e. The van der Waals surface area contributed by atoms with Gasteiger partial charge in [-0.1, -0.05) is 62.4 Å². The van der Waals surface area contributed by atoms with Gasteiger partial charge in [-0.05, 0) is 36.5 Å². The van der Waals surface area contributed by atoms with Gasteiger partial charge in [0, 0.05) is 25.1 Å². The maximum Gasteiger partial charge on any atom is 0.247 e. The first-order valence-electron chi connectivity index (χ1n) is 11.0. The highest BCUT2D eigenvalue weighted by Crippen LogP contribution is 2.42. The lowest BCUT2D eigenvalue weighted by Crippen LogP contribution is -2.49. The number of benzene rings is 2. The predicted molar refractivity (Wildman–Crippen MR) is 122 cm³/mol. The lowest BCUT2D eigenvalue weighted by atomic mass is 9.75. The van der Waals surface area contributed by atoms with Gasteiger partial charge in [-0.25, -0.2) is 5.48 Å². The van der Waals surface area contributed by atoms with Gasteiger partial charge in [0.05, 0.1) is 5.41 Å². The molecule has 32 heavy (non-hydrogen) atoms. The van der Waals surface area contributed by atoms with Crippen molar-refractivity contribution in [1.29, 1.82) is 0 Å². The molecule has 0 spiro atoms. The van der Waals surface area contributed by atoms with E-state index in [0.29, 0.717) is 31.5 Å². The fourth-order valence-electron chi connectivity index (χ4n) is 4.63. The summed E-state index contributed by atoms with van der Waals surface area (Å²) in [5.41, 5.74) is 2.34. The van der Waals surface area contributed by atoms with Gasteiger partial charge < -0.3 is 10.2 Å². The molecular formula is C25H31N3O4. The molecular weight excluding hydrogens is 406 g/mol. The molecule has 1 aliphatic heterocycles. The van der Waals surface area contributed by atoms with Crippen LogP contribution < -0.4 is 10.8 Å². The molecule has 0 radical (unpaired) electrons. The highest BCUT2D eigenvalue weighted by Gasteiger charge is 2.50. The Bertz CT molecular complexity index is 933. The van der Waals surface area contributed by atoms with E-state index in [4.69, 9.17) is 5.21 Å².